The minimum absolute atomic E-state index is 0.705. The first-order valence-corrected chi connectivity index (χ1v) is 8.35. The minimum atomic E-state index is 0.705. The highest BCUT2D eigenvalue weighted by molar-refractivity contribution is 5.84. The summed E-state index contributed by atoms with van der Waals surface area (Å²) in [5, 5.41) is 0. The van der Waals surface area contributed by atoms with Crippen LogP contribution in [0, 0.1) is 0 Å². The van der Waals surface area contributed by atoms with Gasteiger partial charge < -0.3 is 19.1 Å². The van der Waals surface area contributed by atoms with Gasteiger partial charge in [0.05, 0.1) is 17.6 Å². The van der Waals surface area contributed by atoms with Crippen molar-refractivity contribution in [2.24, 2.45) is 0 Å². The fourth-order valence-electron chi connectivity index (χ4n) is 3.64. The highest BCUT2D eigenvalue weighted by atomic mass is 16.5. The summed E-state index contributed by atoms with van der Waals surface area (Å²) in [6, 6.07) is 4.31. The van der Waals surface area contributed by atoms with Crippen LogP contribution >= 0.6 is 0 Å². The highest BCUT2D eigenvalue weighted by Gasteiger charge is 2.24. The van der Waals surface area contributed by atoms with Crippen molar-refractivity contribution in [1.29, 1.82) is 0 Å². The second-order valence-electron chi connectivity index (χ2n) is 6.34. The largest absolute Gasteiger partial charge is 0.494 e. The van der Waals surface area contributed by atoms with E-state index in [2.05, 4.69) is 33.5 Å². The van der Waals surface area contributed by atoms with Gasteiger partial charge in [0.1, 0.15) is 5.75 Å². The molecule has 0 N–H and O–H groups in total. The number of anilines is 1. The summed E-state index contributed by atoms with van der Waals surface area (Å²) in [5.41, 5.74) is 3.80. The Morgan fingerprint density at radius 2 is 1.95 bits per heavy atom. The molecule has 5 heteroatoms. The van der Waals surface area contributed by atoms with Crippen LogP contribution in [0.15, 0.2) is 12.1 Å². The Labute approximate surface area is 131 Å². The topological polar surface area (TPSA) is 33.5 Å². The number of benzene rings is 1. The zero-order valence-electron chi connectivity index (χ0n) is 13.5. The van der Waals surface area contributed by atoms with Crippen LogP contribution in [-0.4, -0.2) is 54.3 Å². The average molecular weight is 300 g/mol. The molecule has 118 valence electrons. The lowest BCUT2D eigenvalue weighted by atomic mass is 10.0. The number of imidazole rings is 1. The summed E-state index contributed by atoms with van der Waals surface area (Å²) in [6.07, 6.45) is 2.32. The summed E-state index contributed by atoms with van der Waals surface area (Å²) in [6.45, 7) is 8.17. The number of ether oxygens (including phenoxy) is 1. The number of rotatable bonds is 3. The van der Waals surface area contributed by atoms with Gasteiger partial charge in [0.25, 0.3) is 0 Å². The van der Waals surface area contributed by atoms with Gasteiger partial charge in [-0.3, -0.25) is 0 Å². The van der Waals surface area contributed by atoms with E-state index in [-0.39, 0.29) is 0 Å². The summed E-state index contributed by atoms with van der Waals surface area (Å²) >= 11 is 0. The average Bonchev–Trinajstić information content (AvgIpc) is 2.89. The van der Waals surface area contributed by atoms with Gasteiger partial charge in [-0.15, -0.1) is 0 Å². The Balaban J connectivity index is 1.78. The smallest absolute Gasteiger partial charge is 0.206 e. The van der Waals surface area contributed by atoms with Crippen LogP contribution in [-0.2, 0) is 13.0 Å². The number of likely N-dealkylation sites (N-methyl/N-ethyl adjacent to an activating group) is 1. The first-order chi connectivity index (χ1) is 10.8. The van der Waals surface area contributed by atoms with Gasteiger partial charge >= 0.3 is 0 Å². The van der Waals surface area contributed by atoms with Crippen LogP contribution in [0.2, 0.25) is 0 Å². The molecule has 1 saturated heterocycles. The third-order valence-electron chi connectivity index (χ3n) is 4.80. The molecule has 2 aromatic rings. The van der Waals surface area contributed by atoms with E-state index in [1.165, 1.54) is 17.5 Å². The first kappa shape index (κ1) is 13.9. The molecule has 1 aromatic heterocycles. The lowest BCUT2D eigenvalue weighted by Crippen LogP contribution is -2.45. The van der Waals surface area contributed by atoms with Crippen LogP contribution in [0.1, 0.15) is 18.9 Å². The van der Waals surface area contributed by atoms with Gasteiger partial charge in [0.2, 0.25) is 5.95 Å². The van der Waals surface area contributed by atoms with Crippen molar-refractivity contribution in [3.63, 3.8) is 0 Å². The van der Waals surface area contributed by atoms with Crippen LogP contribution in [0.4, 0.5) is 5.95 Å². The second-order valence-corrected chi connectivity index (χ2v) is 6.34. The quantitative estimate of drug-likeness (QED) is 0.869. The molecule has 5 nitrogen and oxygen atoms in total. The van der Waals surface area contributed by atoms with E-state index in [1.54, 1.807) is 0 Å². The Hall–Kier alpha value is -1.75. The number of nitrogens with zero attached hydrogens (tertiary/aromatic N) is 4. The van der Waals surface area contributed by atoms with Gasteiger partial charge in [-0.2, -0.15) is 0 Å². The number of aromatic nitrogens is 2. The molecule has 22 heavy (non-hydrogen) atoms. The summed E-state index contributed by atoms with van der Waals surface area (Å²) in [4.78, 5) is 9.79. The molecule has 1 aromatic carbocycles. The van der Waals surface area contributed by atoms with Crippen molar-refractivity contribution < 1.29 is 4.74 Å². The van der Waals surface area contributed by atoms with Crippen molar-refractivity contribution in [2.45, 2.75) is 26.3 Å². The fraction of sp³-hybridized carbons (Fsp3) is 0.588. The third kappa shape index (κ3) is 2.24. The van der Waals surface area contributed by atoms with Crippen molar-refractivity contribution in [1.82, 2.24) is 14.5 Å². The van der Waals surface area contributed by atoms with E-state index >= 15 is 0 Å². The van der Waals surface area contributed by atoms with Gasteiger partial charge in [-0.25, -0.2) is 4.98 Å². The van der Waals surface area contributed by atoms with E-state index in [4.69, 9.17) is 9.72 Å². The van der Waals surface area contributed by atoms with Gasteiger partial charge in [0.15, 0.2) is 0 Å². The lowest BCUT2D eigenvalue weighted by molar-refractivity contribution is 0.310. The number of aryl methyl sites for hydroxylation is 2. The lowest BCUT2D eigenvalue weighted by Gasteiger charge is -2.33. The number of hydrogen-bond donors (Lipinski definition) is 0. The van der Waals surface area contributed by atoms with Crippen LogP contribution in [0.5, 0.6) is 5.75 Å². The molecular formula is C17H24N4O. The molecule has 1 fully saturated rings. The zero-order valence-corrected chi connectivity index (χ0v) is 13.5. The molecule has 0 atom stereocenters. The molecule has 0 bridgehead atoms. The molecule has 2 aliphatic rings. The maximum atomic E-state index is 5.72. The van der Waals surface area contributed by atoms with E-state index in [9.17, 15) is 0 Å². The molecule has 0 unspecified atom stereocenters. The van der Waals surface area contributed by atoms with Gasteiger partial charge in [0, 0.05) is 38.8 Å². The molecule has 0 aliphatic carbocycles. The Morgan fingerprint density at radius 3 is 2.73 bits per heavy atom. The zero-order chi connectivity index (χ0) is 15.1. The first-order valence-electron chi connectivity index (χ1n) is 8.35. The molecule has 0 spiro atoms. The summed E-state index contributed by atoms with van der Waals surface area (Å²) in [5.74, 6) is 2.11. The van der Waals surface area contributed by atoms with Crippen LogP contribution in [0.25, 0.3) is 11.0 Å². The highest BCUT2D eigenvalue weighted by Crippen LogP contribution is 2.33. The van der Waals surface area contributed by atoms with E-state index < -0.39 is 0 Å². The van der Waals surface area contributed by atoms with Crippen molar-refractivity contribution in [3.8, 4) is 5.75 Å². The monoisotopic (exact) mass is 300 g/mol. The van der Waals surface area contributed by atoms with Gasteiger partial charge in [-0.1, -0.05) is 0 Å². The number of hydrogen-bond acceptors (Lipinski definition) is 4. The fourth-order valence-corrected chi connectivity index (χ4v) is 3.64. The summed E-state index contributed by atoms with van der Waals surface area (Å²) < 4.78 is 8.15. The molecule has 2 aliphatic heterocycles. The molecule has 0 saturated carbocycles. The number of piperazine rings is 1. The van der Waals surface area contributed by atoms with Gasteiger partial charge in [-0.05, 0) is 38.4 Å². The second kappa shape index (κ2) is 5.47. The van der Waals surface area contributed by atoms with Crippen LogP contribution < -0.4 is 9.64 Å². The normalized spacial score (nSPS) is 18.9. The molecule has 0 radical (unpaired) electrons. The predicted molar refractivity (Wildman–Crippen MR) is 88.9 cm³/mol. The molecule has 0 amide bonds. The molecule has 3 heterocycles. The Bertz CT molecular complexity index is 686. The Kier molecular flexibility index (Phi) is 3.45. The summed E-state index contributed by atoms with van der Waals surface area (Å²) in [7, 11) is 2.19. The third-order valence-corrected chi connectivity index (χ3v) is 4.80. The van der Waals surface area contributed by atoms with E-state index in [0.29, 0.717) is 6.61 Å². The maximum Gasteiger partial charge on any atom is 0.206 e. The van der Waals surface area contributed by atoms with Crippen molar-refractivity contribution >= 4 is 17.0 Å². The van der Waals surface area contributed by atoms with Crippen molar-refractivity contribution in [3.05, 3.63) is 17.7 Å². The van der Waals surface area contributed by atoms with Crippen molar-refractivity contribution in [2.75, 3.05) is 44.7 Å². The maximum absolute atomic E-state index is 5.72. The van der Waals surface area contributed by atoms with E-state index in [0.717, 1.165) is 56.4 Å². The minimum Gasteiger partial charge on any atom is -0.494 e. The standard InChI is InChI=1S/C17H24N4O/c1-3-22-14-11-13-5-4-6-21-16(13)15(12-14)18-17(21)20-9-7-19(2)8-10-20/h11-12H,3-10H2,1-2H3. The predicted octanol–water partition coefficient (Wildman–Crippen LogP) is 2.13. The Morgan fingerprint density at radius 1 is 1.14 bits per heavy atom. The SMILES string of the molecule is CCOc1cc2c3c(c1)nc(N1CCN(C)CC1)n3CCC2. The van der Waals surface area contributed by atoms with Crippen LogP contribution in [0.3, 0.4) is 0 Å². The van der Waals surface area contributed by atoms with E-state index in [1.807, 2.05) is 6.92 Å². The molecule has 4 rings (SSSR count). The molecular weight excluding hydrogens is 276 g/mol.